The standard InChI is InChI=1S/C23H24ClN3O3/c1-16(28)27-20-10-5-2-7-17(20)15-21(27)23(30)26-12-6-11-25(13-14-26)22(29)18-8-3-4-9-19(18)24/h2-5,7-10,21H,6,11-15H2,1H3/t21-/m0/s1. The lowest BCUT2D eigenvalue weighted by molar-refractivity contribution is -0.134. The monoisotopic (exact) mass is 425 g/mol. The minimum absolute atomic E-state index is 0.0616. The number of fused-ring (bicyclic) bond motifs is 1. The molecule has 156 valence electrons. The van der Waals surface area contributed by atoms with Gasteiger partial charge in [0.2, 0.25) is 11.8 Å². The first-order valence-corrected chi connectivity index (χ1v) is 10.6. The van der Waals surface area contributed by atoms with Crippen molar-refractivity contribution in [3.63, 3.8) is 0 Å². The van der Waals surface area contributed by atoms with Crippen LogP contribution in [0.1, 0.15) is 29.3 Å². The molecular formula is C23H24ClN3O3. The van der Waals surface area contributed by atoms with Crippen molar-refractivity contribution in [1.82, 2.24) is 9.80 Å². The van der Waals surface area contributed by atoms with Crippen molar-refractivity contribution >= 4 is 35.0 Å². The number of carbonyl (C=O) groups is 3. The molecule has 0 spiro atoms. The molecule has 0 N–H and O–H groups in total. The Bertz CT molecular complexity index is 993. The number of carbonyl (C=O) groups excluding carboxylic acids is 3. The Labute approximate surface area is 181 Å². The van der Waals surface area contributed by atoms with Crippen molar-refractivity contribution in [3.8, 4) is 0 Å². The second-order valence-corrected chi connectivity index (χ2v) is 8.10. The largest absolute Gasteiger partial charge is 0.339 e. The highest BCUT2D eigenvalue weighted by molar-refractivity contribution is 6.33. The molecule has 2 aromatic carbocycles. The van der Waals surface area contributed by atoms with Gasteiger partial charge in [-0.05, 0) is 30.2 Å². The Hall–Kier alpha value is -2.86. The molecule has 2 heterocycles. The van der Waals surface area contributed by atoms with E-state index in [4.69, 9.17) is 11.6 Å². The van der Waals surface area contributed by atoms with Crippen LogP contribution in [0, 0.1) is 0 Å². The lowest BCUT2D eigenvalue weighted by Crippen LogP contribution is -2.50. The first-order valence-electron chi connectivity index (χ1n) is 10.2. The fourth-order valence-electron chi connectivity index (χ4n) is 4.33. The summed E-state index contributed by atoms with van der Waals surface area (Å²) in [7, 11) is 0. The van der Waals surface area contributed by atoms with E-state index in [-0.39, 0.29) is 17.7 Å². The van der Waals surface area contributed by atoms with Gasteiger partial charge in [-0.2, -0.15) is 0 Å². The maximum atomic E-state index is 13.3. The number of halogens is 1. The van der Waals surface area contributed by atoms with Crippen molar-refractivity contribution in [2.75, 3.05) is 31.1 Å². The molecule has 30 heavy (non-hydrogen) atoms. The number of nitrogens with zero attached hydrogens (tertiary/aromatic N) is 3. The third kappa shape index (κ3) is 3.79. The van der Waals surface area contributed by atoms with Crippen molar-refractivity contribution in [1.29, 1.82) is 0 Å². The summed E-state index contributed by atoms with van der Waals surface area (Å²) in [4.78, 5) is 43.7. The maximum absolute atomic E-state index is 13.3. The summed E-state index contributed by atoms with van der Waals surface area (Å²) in [5.41, 5.74) is 2.30. The zero-order valence-electron chi connectivity index (χ0n) is 16.9. The average Bonchev–Trinajstić information content (AvgIpc) is 2.96. The minimum Gasteiger partial charge on any atom is -0.339 e. The lowest BCUT2D eigenvalue weighted by Gasteiger charge is -2.29. The topological polar surface area (TPSA) is 60.9 Å². The fraction of sp³-hybridized carbons (Fsp3) is 0.348. The van der Waals surface area contributed by atoms with Crippen LogP contribution >= 0.6 is 11.6 Å². The van der Waals surface area contributed by atoms with Gasteiger partial charge in [0.05, 0.1) is 10.6 Å². The molecule has 0 unspecified atom stereocenters. The van der Waals surface area contributed by atoms with Gasteiger partial charge in [0.15, 0.2) is 0 Å². The van der Waals surface area contributed by atoms with Gasteiger partial charge in [0.25, 0.3) is 5.91 Å². The van der Waals surface area contributed by atoms with Crippen molar-refractivity contribution in [3.05, 3.63) is 64.7 Å². The van der Waals surface area contributed by atoms with E-state index in [9.17, 15) is 14.4 Å². The summed E-state index contributed by atoms with van der Waals surface area (Å²) in [5, 5.41) is 0.431. The molecule has 1 atom stereocenters. The molecule has 0 saturated carbocycles. The summed E-state index contributed by atoms with van der Waals surface area (Å²) in [6, 6.07) is 14.1. The van der Waals surface area contributed by atoms with Crippen LogP contribution in [0.4, 0.5) is 5.69 Å². The zero-order valence-corrected chi connectivity index (χ0v) is 17.6. The Morgan fingerprint density at radius 2 is 1.57 bits per heavy atom. The van der Waals surface area contributed by atoms with Gasteiger partial charge in [-0.3, -0.25) is 19.3 Å². The van der Waals surface area contributed by atoms with Crippen LogP contribution in [0.3, 0.4) is 0 Å². The predicted octanol–water partition coefficient (Wildman–Crippen LogP) is 2.99. The number of hydrogen-bond acceptors (Lipinski definition) is 3. The normalized spacial score (nSPS) is 18.7. The summed E-state index contributed by atoms with van der Waals surface area (Å²) >= 11 is 6.18. The summed E-state index contributed by atoms with van der Waals surface area (Å²) in [6.45, 7) is 3.50. The average molecular weight is 426 g/mol. The third-order valence-electron chi connectivity index (χ3n) is 5.80. The van der Waals surface area contributed by atoms with Crippen LogP contribution in [-0.2, 0) is 16.0 Å². The van der Waals surface area contributed by atoms with E-state index in [1.54, 1.807) is 39.0 Å². The quantitative estimate of drug-likeness (QED) is 0.743. The van der Waals surface area contributed by atoms with Crippen LogP contribution in [0.15, 0.2) is 48.5 Å². The molecule has 0 aromatic heterocycles. The maximum Gasteiger partial charge on any atom is 0.255 e. The third-order valence-corrected chi connectivity index (χ3v) is 6.13. The number of amides is 3. The van der Waals surface area contributed by atoms with Crippen LogP contribution < -0.4 is 4.90 Å². The highest BCUT2D eigenvalue weighted by Crippen LogP contribution is 2.33. The van der Waals surface area contributed by atoms with Crippen molar-refractivity contribution < 1.29 is 14.4 Å². The Balaban J connectivity index is 1.47. The van der Waals surface area contributed by atoms with E-state index in [2.05, 4.69) is 0 Å². The second-order valence-electron chi connectivity index (χ2n) is 7.69. The molecular weight excluding hydrogens is 402 g/mol. The van der Waals surface area contributed by atoms with Crippen molar-refractivity contribution in [2.24, 2.45) is 0 Å². The van der Waals surface area contributed by atoms with Gasteiger partial charge < -0.3 is 9.80 Å². The highest BCUT2D eigenvalue weighted by Gasteiger charge is 2.39. The minimum atomic E-state index is -0.522. The number of anilines is 1. The van der Waals surface area contributed by atoms with E-state index >= 15 is 0 Å². The highest BCUT2D eigenvalue weighted by atomic mass is 35.5. The fourth-order valence-corrected chi connectivity index (χ4v) is 4.55. The van der Waals surface area contributed by atoms with Crippen LogP contribution in [0.5, 0.6) is 0 Å². The van der Waals surface area contributed by atoms with Gasteiger partial charge in [-0.15, -0.1) is 0 Å². The van der Waals surface area contributed by atoms with Gasteiger partial charge >= 0.3 is 0 Å². The molecule has 1 saturated heterocycles. The summed E-state index contributed by atoms with van der Waals surface area (Å²) in [5.74, 6) is -0.314. The molecule has 2 aromatic rings. The Morgan fingerprint density at radius 1 is 0.900 bits per heavy atom. The van der Waals surface area contributed by atoms with Gasteiger partial charge in [0.1, 0.15) is 6.04 Å². The van der Waals surface area contributed by atoms with E-state index in [1.165, 1.54) is 6.92 Å². The first kappa shape index (κ1) is 20.4. The number of benzene rings is 2. The van der Waals surface area contributed by atoms with Crippen molar-refractivity contribution in [2.45, 2.75) is 25.8 Å². The van der Waals surface area contributed by atoms with E-state index in [0.717, 1.165) is 11.3 Å². The number of rotatable bonds is 2. The molecule has 6 nitrogen and oxygen atoms in total. The smallest absolute Gasteiger partial charge is 0.255 e. The zero-order chi connectivity index (χ0) is 21.3. The molecule has 0 bridgehead atoms. The molecule has 0 radical (unpaired) electrons. The van der Waals surface area contributed by atoms with E-state index in [1.807, 2.05) is 24.3 Å². The SMILES string of the molecule is CC(=O)N1c2ccccc2C[C@H]1C(=O)N1CCCN(C(=O)c2ccccc2Cl)CC1. The van der Waals surface area contributed by atoms with E-state index in [0.29, 0.717) is 49.6 Å². The molecule has 0 aliphatic carbocycles. The second kappa shape index (κ2) is 8.48. The summed E-state index contributed by atoms with van der Waals surface area (Å²) < 4.78 is 0. The first-order chi connectivity index (χ1) is 14.5. The molecule has 3 amide bonds. The molecule has 2 aliphatic heterocycles. The molecule has 7 heteroatoms. The molecule has 4 rings (SSSR count). The lowest BCUT2D eigenvalue weighted by atomic mass is 10.1. The van der Waals surface area contributed by atoms with Crippen LogP contribution in [0.2, 0.25) is 5.02 Å². The molecule has 2 aliphatic rings. The van der Waals surface area contributed by atoms with E-state index < -0.39 is 6.04 Å². The van der Waals surface area contributed by atoms with Crippen LogP contribution in [-0.4, -0.2) is 59.7 Å². The van der Waals surface area contributed by atoms with Gasteiger partial charge in [0, 0.05) is 45.2 Å². The van der Waals surface area contributed by atoms with Crippen LogP contribution in [0.25, 0.3) is 0 Å². The molecule has 1 fully saturated rings. The number of hydrogen-bond donors (Lipinski definition) is 0. The Kier molecular flexibility index (Phi) is 5.77. The van der Waals surface area contributed by atoms with Gasteiger partial charge in [-0.25, -0.2) is 0 Å². The Morgan fingerprint density at radius 3 is 2.33 bits per heavy atom. The number of para-hydroxylation sites is 1. The summed E-state index contributed by atoms with van der Waals surface area (Å²) in [6.07, 6.45) is 1.20. The predicted molar refractivity (Wildman–Crippen MR) is 116 cm³/mol. The van der Waals surface area contributed by atoms with Gasteiger partial charge in [-0.1, -0.05) is 41.9 Å².